The number of para-hydroxylation sites is 1. The van der Waals surface area contributed by atoms with E-state index in [2.05, 4.69) is 5.32 Å². The van der Waals surface area contributed by atoms with Crippen LogP contribution >= 0.6 is 11.6 Å². The third-order valence-corrected chi connectivity index (χ3v) is 3.78. The van der Waals surface area contributed by atoms with Crippen LogP contribution in [0, 0.1) is 0 Å². The second kappa shape index (κ2) is 7.73. The molecule has 0 aromatic heterocycles. The average molecular weight is 354 g/mol. The van der Waals surface area contributed by atoms with Crippen LogP contribution in [-0.4, -0.2) is 13.0 Å². The van der Waals surface area contributed by atoms with E-state index in [9.17, 15) is 4.79 Å². The Hall–Kier alpha value is -2.98. The van der Waals surface area contributed by atoms with Crippen molar-refractivity contribution in [2.45, 2.75) is 0 Å². The van der Waals surface area contributed by atoms with E-state index in [0.29, 0.717) is 33.5 Å². The molecule has 1 amide bonds. The molecule has 0 unspecified atom stereocenters. The normalized spacial score (nSPS) is 10.2. The summed E-state index contributed by atoms with van der Waals surface area (Å²) in [5.41, 5.74) is 1.07. The van der Waals surface area contributed by atoms with Gasteiger partial charge in [0.2, 0.25) is 0 Å². The SMILES string of the molecule is COc1ccc(NC(=O)c2cccc(Oc3ccccc3)c2)cc1Cl. The summed E-state index contributed by atoms with van der Waals surface area (Å²) in [6.45, 7) is 0. The quantitative estimate of drug-likeness (QED) is 0.668. The summed E-state index contributed by atoms with van der Waals surface area (Å²) >= 11 is 6.08. The molecule has 4 nitrogen and oxygen atoms in total. The molecule has 5 heteroatoms. The summed E-state index contributed by atoms with van der Waals surface area (Å²) in [6.07, 6.45) is 0. The third kappa shape index (κ3) is 4.31. The van der Waals surface area contributed by atoms with Gasteiger partial charge in [-0.2, -0.15) is 0 Å². The van der Waals surface area contributed by atoms with Gasteiger partial charge in [-0.15, -0.1) is 0 Å². The lowest BCUT2D eigenvalue weighted by atomic mass is 10.2. The lowest BCUT2D eigenvalue weighted by Crippen LogP contribution is -2.11. The highest BCUT2D eigenvalue weighted by molar-refractivity contribution is 6.32. The Morgan fingerprint density at radius 1 is 0.920 bits per heavy atom. The van der Waals surface area contributed by atoms with E-state index in [-0.39, 0.29) is 5.91 Å². The van der Waals surface area contributed by atoms with Gasteiger partial charge in [0.15, 0.2) is 0 Å². The number of rotatable bonds is 5. The van der Waals surface area contributed by atoms with Gasteiger partial charge in [0.05, 0.1) is 12.1 Å². The molecule has 0 aliphatic rings. The fourth-order valence-electron chi connectivity index (χ4n) is 2.27. The predicted octanol–water partition coefficient (Wildman–Crippen LogP) is 5.39. The number of anilines is 1. The number of benzene rings is 3. The van der Waals surface area contributed by atoms with E-state index in [0.717, 1.165) is 0 Å². The Labute approximate surface area is 151 Å². The lowest BCUT2D eigenvalue weighted by molar-refractivity contribution is 0.102. The zero-order valence-electron chi connectivity index (χ0n) is 13.5. The maximum Gasteiger partial charge on any atom is 0.255 e. The lowest BCUT2D eigenvalue weighted by Gasteiger charge is -2.10. The largest absolute Gasteiger partial charge is 0.495 e. The number of carbonyl (C=O) groups is 1. The van der Waals surface area contributed by atoms with Crippen molar-refractivity contribution in [2.75, 3.05) is 12.4 Å². The summed E-state index contributed by atoms with van der Waals surface area (Å²) in [7, 11) is 1.54. The van der Waals surface area contributed by atoms with Gasteiger partial charge >= 0.3 is 0 Å². The molecule has 1 N–H and O–H groups in total. The van der Waals surface area contributed by atoms with Gasteiger partial charge in [0.25, 0.3) is 5.91 Å². The van der Waals surface area contributed by atoms with Gasteiger partial charge in [0.1, 0.15) is 17.2 Å². The highest BCUT2D eigenvalue weighted by Gasteiger charge is 2.09. The molecule has 3 aromatic rings. The van der Waals surface area contributed by atoms with E-state index < -0.39 is 0 Å². The molecule has 126 valence electrons. The highest BCUT2D eigenvalue weighted by atomic mass is 35.5. The molecule has 0 aliphatic heterocycles. The second-order valence-electron chi connectivity index (χ2n) is 5.25. The Bertz CT molecular complexity index is 881. The van der Waals surface area contributed by atoms with E-state index in [1.165, 1.54) is 7.11 Å². The molecular weight excluding hydrogens is 338 g/mol. The van der Waals surface area contributed by atoms with Crippen LogP contribution in [0.2, 0.25) is 5.02 Å². The molecule has 3 aromatic carbocycles. The molecule has 0 radical (unpaired) electrons. The Kier molecular flexibility index (Phi) is 5.21. The minimum absolute atomic E-state index is 0.250. The fraction of sp³-hybridized carbons (Fsp3) is 0.0500. The Morgan fingerprint density at radius 3 is 2.40 bits per heavy atom. The molecule has 0 atom stereocenters. The maximum absolute atomic E-state index is 12.4. The number of hydrogen-bond donors (Lipinski definition) is 1. The Balaban J connectivity index is 1.74. The van der Waals surface area contributed by atoms with E-state index in [1.807, 2.05) is 30.3 Å². The molecule has 0 bridgehead atoms. The minimum Gasteiger partial charge on any atom is -0.495 e. The number of methoxy groups -OCH3 is 1. The van der Waals surface area contributed by atoms with Crippen LogP contribution in [0.4, 0.5) is 5.69 Å². The smallest absolute Gasteiger partial charge is 0.255 e. The first-order chi connectivity index (χ1) is 12.2. The van der Waals surface area contributed by atoms with Crippen molar-refractivity contribution in [3.63, 3.8) is 0 Å². The van der Waals surface area contributed by atoms with Gasteiger partial charge in [0, 0.05) is 11.3 Å². The summed E-state index contributed by atoms with van der Waals surface area (Å²) in [5, 5.41) is 3.24. The van der Waals surface area contributed by atoms with Crippen LogP contribution in [-0.2, 0) is 0 Å². The zero-order valence-corrected chi connectivity index (χ0v) is 14.3. The van der Waals surface area contributed by atoms with Crippen LogP contribution in [0.25, 0.3) is 0 Å². The van der Waals surface area contributed by atoms with Crippen LogP contribution in [0.3, 0.4) is 0 Å². The molecule has 0 saturated carbocycles. The van der Waals surface area contributed by atoms with Crippen molar-refractivity contribution in [3.8, 4) is 17.2 Å². The topological polar surface area (TPSA) is 47.6 Å². The standard InChI is InChI=1S/C20H16ClNO3/c1-24-19-11-10-15(13-18(19)21)22-20(23)14-6-5-9-17(12-14)25-16-7-3-2-4-8-16/h2-13H,1H3,(H,22,23). The van der Waals surface area contributed by atoms with Crippen LogP contribution in [0.1, 0.15) is 10.4 Å². The maximum atomic E-state index is 12.4. The molecule has 0 heterocycles. The summed E-state index contributed by atoms with van der Waals surface area (Å²) < 4.78 is 10.9. The average Bonchev–Trinajstić information content (AvgIpc) is 2.63. The van der Waals surface area contributed by atoms with Crippen LogP contribution in [0.5, 0.6) is 17.2 Å². The summed E-state index contributed by atoms with van der Waals surface area (Å²) in [5.74, 6) is 1.60. The molecule has 0 spiro atoms. The molecular formula is C20H16ClNO3. The van der Waals surface area contributed by atoms with Crippen molar-refractivity contribution in [1.82, 2.24) is 0 Å². The van der Waals surface area contributed by atoms with Gasteiger partial charge < -0.3 is 14.8 Å². The van der Waals surface area contributed by atoms with Crippen molar-refractivity contribution in [1.29, 1.82) is 0 Å². The molecule has 0 saturated heterocycles. The first-order valence-electron chi connectivity index (χ1n) is 7.63. The number of ether oxygens (including phenoxy) is 2. The molecule has 3 rings (SSSR count). The zero-order chi connectivity index (χ0) is 17.6. The van der Waals surface area contributed by atoms with Gasteiger partial charge in [-0.25, -0.2) is 0 Å². The molecule has 25 heavy (non-hydrogen) atoms. The molecule has 0 fully saturated rings. The highest BCUT2D eigenvalue weighted by Crippen LogP contribution is 2.28. The summed E-state index contributed by atoms with van der Waals surface area (Å²) in [6, 6.07) is 21.4. The van der Waals surface area contributed by atoms with Crippen LogP contribution < -0.4 is 14.8 Å². The van der Waals surface area contributed by atoms with Crippen LogP contribution in [0.15, 0.2) is 72.8 Å². The number of nitrogens with one attached hydrogen (secondary N) is 1. The van der Waals surface area contributed by atoms with Gasteiger partial charge in [-0.05, 0) is 48.5 Å². The third-order valence-electron chi connectivity index (χ3n) is 3.48. The van der Waals surface area contributed by atoms with Crippen molar-refractivity contribution < 1.29 is 14.3 Å². The van der Waals surface area contributed by atoms with Gasteiger partial charge in [-0.3, -0.25) is 4.79 Å². The molecule has 0 aliphatic carbocycles. The second-order valence-corrected chi connectivity index (χ2v) is 5.65. The number of amides is 1. The first-order valence-corrected chi connectivity index (χ1v) is 8.01. The number of carbonyl (C=O) groups excluding carboxylic acids is 1. The van der Waals surface area contributed by atoms with Crippen molar-refractivity contribution in [3.05, 3.63) is 83.4 Å². The van der Waals surface area contributed by atoms with Gasteiger partial charge in [-0.1, -0.05) is 35.9 Å². The summed E-state index contributed by atoms with van der Waals surface area (Å²) in [4.78, 5) is 12.4. The number of halogens is 1. The Morgan fingerprint density at radius 2 is 1.68 bits per heavy atom. The van der Waals surface area contributed by atoms with E-state index >= 15 is 0 Å². The van der Waals surface area contributed by atoms with E-state index in [1.54, 1.807) is 42.5 Å². The minimum atomic E-state index is -0.250. The monoisotopic (exact) mass is 353 g/mol. The van der Waals surface area contributed by atoms with Crippen molar-refractivity contribution >= 4 is 23.2 Å². The van der Waals surface area contributed by atoms with E-state index in [4.69, 9.17) is 21.1 Å². The van der Waals surface area contributed by atoms with Crippen molar-refractivity contribution in [2.24, 2.45) is 0 Å². The first kappa shape index (κ1) is 16.9. The fourth-order valence-corrected chi connectivity index (χ4v) is 2.53. The number of hydrogen-bond acceptors (Lipinski definition) is 3. The predicted molar refractivity (Wildman–Crippen MR) is 98.9 cm³/mol.